The van der Waals surface area contributed by atoms with Crippen LogP contribution in [-0.2, 0) is 0 Å². The Hall–Kier alpha value is -0.0400. The van der Waals surface area contributed by atoms with Crippen molar-refractivity contribution in [1.82, 2.24) is 0 Å². The lowest BCUT2D eigenvalue weighted by atomic mass is 9.68. The molecule has 0 aromatic rings. The van der Waals surface area contributed by atoms with E-state index >= 15 is 0 Å². The van der Waals surface area contributed by atoms with Crippen molar-refractivity contribution in [3.05, 3.63) is 0 Å². The third-order valence-corrected chi connectivity index (χ3v) is 5.30. The van der Waals surface area contributed by atoms with Gasteiger partial charge in [-0.1, -0.05) is 13.3 Å². The van der Waals surface area contributed by atoms with Crippen LogP contribution in [0.3, 0.4) is 0 Å². The van der Waals surface area contributed by atoms with E-state index in [4.69, 9.17) is 0 Å². The predicted octanol–water partition coefficient (Wildman–Crippen LogP) is 2.30. The molecule has 0 saturated heterocycles. The molecule has 3 fully saturated rings. The lowest BCUT2D eigenvalue weighted by Gasteiger charge is -2.37. The maximum Gasteiger partial charge on any atom is 0.0464 e. The summed E-state index contributed by atoms with van der Waals surface area (Å²) < 4.78 is 0. The third-order valence-electron chi connectivity index (χ3n) is 5.30. The van der Waals surface area contributed by atoms with Crippen molar-refractivity contribution in [2.75, 3.05) is 6.61 Å². The van der Waals surface area contributed by atoms with Crippen molar-refractivity contribution in [1.29, 1.82) is 0 Å². The highest BCUT2D eigenvalue weighted by Gasteiger charge is 2.57. The SMILES string of the molecule is CC1CCC2C(CO)C3CCC3C12. The molecule has 1 N–H and O–H groups in total. The van der Waals surface area contributed by atoms with E-state index in [1.165, 1.54) is 25.7 Å². The lowest BCUT2D eigenvalue weighted by Crippen LogP contribution is -2.30. The summed E-state index contributed by atoms with van der Waals surface area (Å²) in [6, 6.07) is 0. The molecule has 3 aliphatic rings. The molecule has 0 heterocycles. The predicted molar refractivity (Wildman–Crippen MR) is 52.2 cm³/mol. The normalized spacial score (nSPS) is 58.6. The molecule has 1 heteroatoms. The Morgan fingerprint density at radius 1 is 1.00 bits per heavy atom. The van der Waals surface area contributed by atoms with E-state index in [1.807, 2.05) is 0 Å². The minimum Gasteiger partial charge on any atom is -0.396 e. The highest BCUT2D eigenvalue weighted by atomic mass is 16.3. The Balaban J connectivity index is 1.87. The monoisotopic (exact) mass is 180 g/mol. The molecule has 0 aliphatic heterocycles. The van der Waals surface area contributed by atoms with Gasteiger partial charge in [-0.3, -0.25) is 0 Å². The third kappa shape index (κ3) is 0.918. The minimum atomic E-state index is 0.467. The molecule has 3 rings (SSSR count). The molecule has 0 bridgehead atoms. The summed E-state index contributed by atoms with van der Waals surface area (Å²) >= 11 is 0. The summed E-state index contributed by atoms with van der Waals surface area (Å²) in [7, 11) is 0. The smallest absolute Gasteiger partial charge is 0.0464 e. The van der Waals surface area contributed by atoms with Crippen molar-refractivity contribution in [3.63, 3.8) is 0 Å². The zero-order chi connectivity index (χ0) is 9.00. The molecule has 6 unspecified atom stereocenters. The quantitative estimate of drug-likeness (QED) is 0.656. The van der Waals surface area contributed by atoms with E-state index in [-0.39, 0.29) is 0 Å². The Morgan fingerprint density at radius 3 is 2.31 bits per heavy atom. The van der Waals surface area contributed by atoms with Crippen LogP contribution in [0.4, 0.5) is 0 Å². The second kappa shape index (κ2) is 2.73. The van der Waals surface area contributed by atoms with Crippen LogP contribution in [0.1, 0.15) is 32.6 Å². The number of hydrogen-bond donors (Lipinski definition) is 1. The highest BCUT2D eigenvalue weighted by Crippen LogP contribution is 2.63. The minimum absolute atomic E-state index is 0.467. The van der Waals surface area contributed by atoms with Crippen LogP contribution in [-0.4, -0.2) is 11.7 Å². The molecule has 0 aromatic carbocycles. The van der Waals surface area contributed by atoms with E-state index in [1.54, 1.807) is 0 Å². The summed E-state index contributed by atoms with van der Waals surface area (Å²) in [5.41, 5.74) is 0. The van der Waals surface area contributed by atoms with Gasteiger partial charge in [0.15, 0.2) is 0 Å². The molecule has 3 aliphatic carbocycles. The second-order valence-electron chi connectivity index (χ2n) is 5.55. The molecule has 1 nitrogen and oxygen atoms in total. The molecule has 13 heavy (non-hydrogen) atoms. The van der Waals surface area contributed by atoms with E-state index in [0.29, 0.717) is 12.5 Å². The average Bonchev–Trinajstić information content (AvgIpc) is 2.51. The Morgan fingerprint density at radius 2 is 1.69 bits per heavy atom. The van der Waals surface area contributed by atoms with Crippen LogP contribution in [0.25, 0.3) is 0 Å². The van der Waals surface area contributed by atoms with Crippen LogP contribution in [0.5, 0.6) is 0 Å². The zero-order valence-electron chi connectivity index (χ0n) is 8.45. The molecule has 74 valence electrons. The molecule has 6 atom stereocenters. The van der Waals surface area contributed by atoms with Gasteiger partial charge in [0.25, 0.3) is 0 Å². The van der Waals surface area contributed by atoms with Gasteiger partial charge in [0, 0.05) is 6.61 Å². The average molecular weight is 180 g/mol. The van der Waals surface area contributed by atoms with Crippen LogP contribution < -0.4 is 0 Å². The number of hydrogen-bond acceptors (Lipinski definition) is 1. The molecular weight excluding hydrogens is 160 g/mol. The summed E-state index contributed by atoms with van der Waals surface area (Å²) in [5.74, 6) is 5.47. The van der Waals surface area contributed by atoms with Gasteiger partial charge in [-0.05, 0) is 54.8 Å². The van der Waals surface area contributed by atoms with Crippen molar-refractivity contribution >= 4 is 0 Å². The Kier molecular flexibility index (Phi) is 1.74. The fourth-order valence-electron chi connectivity index (χ4n) is 4.65. The molecule has 0 radical (unpaired) electrons. The van der Waals surface area contributed by atoms with Crippen LogP contribution >= 0.6 is 0 Å². The number of aliphatic hydroxyl groups excluding tert-OH is 1. The fraction of sp³-hybridized carbons (Fsp3) is 1.00. The largest absolute Gasteiger partial charge is 0.396 e. The number of fused-ring (bicyclic) bond motifs is 3. The van der Waals surface area contributed by atoms with Gasteiger partial charge < -0.3 is 5.11 Å². The van der Waals surface area contributed by atoms with E-state index in [2.05, 4.69) is 6.92 Å². The van der Waals surface area contributed by atoms with E-state index in [9.17, 15) is 5.11 Å². The van der Waals surface area contributed by atoms with Gasteiger partial charge >= 0.3 is 0 Å². The first-order valence-corrected chi connectivity index (χ1v) is 5.93. The first-order valence-electron chi connectivity index (χ1n) is 5.93. The zero-order valence-corrected chi connectivity index (χ0v) is 8.45. The topological polar surface area (TPSA) is 20.2 Å². The van der Waals surface area contributed by atoms with Crippen LogP contribution in [0, 0.1) is 35.5 Å². The van der Waals surface area contributed by atoms with Gasteiger partial charge in [0.2, 0.25) is 0 Å². The summed E-state index contributed by atoms with van der Waals surface area (Å²) in [4.78, 5) is 0. The van der Waals surface area contributed by atoms with Gasteiger partial charge in [-0.2, -0.15) is 0 Å². The van der Waals surface area contributed by atoms with E-state index in [0.717, 1.165) is 29.6 Å². The first kappa shape index (κ1) is 8.28. The molecular formula is C12H20O. The van der Waals surface area contributed by atoms with Gasteiger partial charge in [0.05, 0.1) is 0 Å². The maximum atomic E-state index is 9.42. The summed E-state index contributed by atoms with van der Waals surface area (Å²) in [6.07, 6.45) is 5.71. The van der Waals surface area contributed by atoms with Gasteiger partial charge in [-0.25, -0.2) is 0 Å². The standard InChI is InChI=1S/C12H20O/c1-7-2-3-10-11(6-13)8-4-5-9(8)12(7)10/h7-13H,2-6H2,1H3. The Bertz CT molecular complexity index is 213. The van der Waals surface area contributed by atoms with Crippen molar-refractivity contribution < 1.29 is 5.11 Å². The van der Waals surface area contributed by atoms with E-state index < -0.39 is 0 Å². The van der Waals surface area contributed by atoms with Crippen LogP contribution in [0.15, 0.2) is 0 Å². The lowest BCUT2D eigenvalue weighted by molar-refractivity contribution is 0.0901. The van der Waals surface area contributed by atoms with Crippen molar-refractivity contribution in [3.8, 4) is 0 Å². The van der Waals surface area contributed by atoms with Crippen molar-refractivity contribution in [2.24, 2.45) is 35.5 Å². The Labute approximate surface area is 80.5 Å². The van der Waals surface area contributed by atoms with Crippen molar-refractivity contribution in [2.45, 2.75) is 32.6 Å². The maximum absolute atomic E-state index is 9.42. The van der Waals surface area contributed by atoms with Gasteiger partial charge in [0.1, 0.15) is 0 Å². The highest BCUT2D eigenvalue weighted by molar-refractivity contribution is 5.05. The first-order chi connectivity index (χ1) is 6.33. The second-order valence-corrected chi connectivity index (χ2v) is 5.55. The summed E-state index contributed by atoms with van der Waals surface area (Å²) in [6.45, 7) is 2.90. The number of aliphatic hydroxyl groups is 1. The van der Waals surface area contributed by atoms with Gasteiger partial charge in [-0.15, -0.1) is 0 Å². The molecule has 0 spiro atoms. The van der Waals surface area contributed by atoms with Crippen LogP contribution in [0.2, 0.25) is 0 Å². The molecule has 0 aromatic heterocycles. The summed E-state index contributed by atoms with van der Waals surface area (Å²) in [5, 5.41) is 9.42. The molecule has 3 saturated carbocycles. The molecule has 0 amide bonds. The fourth-order valence-corrected chi connectivity index (χ4v) is 4.65. The number of rotatable bonds is 1.